The topological polar surface area (TPSA) is 91.9 Å². The normalized spacial score (nSPS) is 18.9. The van der Waals surface area contributed by atoms with Gasteiger partial charge in [0.15, 0.2) is 9.84 Å². The van der Waals surface area contributed by atoms with E-state index in [9.17, 15) is 13.2 Å². The Morgan fingerprint density at radius 3 is 2.92 bits per heavy atom. The second kappa shape index (κ2) is 5.45. The summed E-state index contributed by atoms with van der Waals surface area (Å²) in [6.45, 7) is 0. The molecule has 0 fully saturated rings. The molecule has 122 valence electrons. The summed E-state index contributed by atoms with van der Waals surface area (Å²) in [4.78, 5) is 20.0. The molecule has 0 bridgehead atoms. The molecule has 0 saturated heterocycles. The summed E-state index contributed by atoms with van der Waals surface area (Å²) in [6.07, 6.45) is 1.95. The number of aromatic nitrogens is 2. The largest absolute Gasteiger partial charge is 0.345 e. The number of hydrogen-bond donors (Lipinski definition) is 2. The van der Waals surface area contributed by atoms with Crippen LogP contribution in [0.2, 0.25) is 0 Å². The Kier molecular flexibility index (Phi) is 3.38. The van der Waals surface area contributed by atoms with E-state index in [1.165, 1.54) is 0 Å². The molecule has 2 aromatic carbocycles. The summed E-state index contributed by atoms with van der Waals surface area (Å²) < 4.78 is 24.3. The van der Waals surface area contributed by atoms with Gasteiger partial charge in [0.25, 0.3) is 5.91 Å². The van der Waals surface area contributed by atoms with Crippen molar-refractivity contribution in [2.45, 2.75) is 17.4 Å². The number of benzene rings is 2. The highest BCUT2D eigenvalue weighted by atomic mass is 32.2. The highest BCUT2D eigenvalue weighted by molar-refractivity contribution is 7.91. The third-order valence-electron chi connectivity index (χ3n) is 4.29. The minimum absolute atomic E-state index is 0.0363. The zero-order valence-corrected chi connectivity index (χ0v) is 13.5. The molecule has 2 N–H and O–H groups in total. The third kappa shape index (κ3) is 2.46. The molecule has 1 aliphatic heterocycles. The summed E-state index contributed by atoms with van der Waals surface area (Å²) in [5.74, 6) is -0.195. The molecule has 0 aliphatic carbocycles. The van der Waals surface area contributed by atoms with Crippen LogP contribution in [0.25, 0.3) is 11.0 Å². The number of H-pyrrole nitrogens is 1. The van der Waals surface area contributed by atoms with E-state index in [0.29, 0.717) is 22.4 Å². The zero-order chi connectivity index (χ0) is 16.7. The molecule has 1 aromatic heterocycles. The van der Waals surface area contributed by atoms with Gasteiger partial charge in [-0.05, 0) is 36.2 Å². The molecule has 24 heavy (non-hydrogen) atoms. The number of amides is 1. The van der Waals surface area contributed by atoms with Crippen LogP contribution >= 0.6 is 0 Å². The van der Waals surface area contributed by atoms with Gasteiger partial charge in [0, 0.05) is 5.56 Å². The van der Waals surface area contributed by atoms with Gasteiger partial charge < -0.3 is 10.3 Å². The molecule has 2 heterocycles. The van der Waals surface area contributed by atoms with Crippen molar-refractivity contribution in [2.24, 2.45) is 0 Å². The van der Waals surface area contributed by atoms with Gasteiger partial charge in [-0.3, -0.25) is 4.79 Å². The van der Waals surface area contributed by atoms with Gasteiger partial charge in [0.2, 0.25) is 0 Å². The van der Waals surface area contributed by atoms with Crippen LogP contribution in [0, 0.1) is 0 Å². The number of fused-ring (bicyclic) bond motifs is 2. The number of nitrogens with one attached hydrogen (secondary N) is 2. The first-order chi connectivity index (χ1) is 11.5. The monoisotopic (exact) mass is 341 g/mol. The van der Waals surface area contributed by atoms with Crippen LogP contribution in [0.5, 0.6) is 0 Å². The second-order valence-corrected chi connectivity index (χ2v) is 7.88. The molecule has 1 atom stereocenters. The Labute approximate surface area is 138 Å². The lowest BCUT2D eigenvalue weighted by Gasteiger charge is -2.26. The molecule has 1 amide bonds. The third-order valence-corrected chi connectivity index (χ3v) is 6.11. The van der Waals surface area contributed by atoms with Crippen molar-refractivity contribution < 1.29 is 13.2 Å². The quantitative estimate of drug-likeness (QED) is 0.747. The maximum Gasteiger partial charge on any atom is 0.251 e. The number of rotatable bonds is 2. The number of carbonyl (C=O) groups is 1. The van der Waals surface area contributed by atoms with Gasteiger partial charge >= 0.3 is 0 Å². The number of nitrogens with zero attached hydrogens (tertiary/aromatic N) is 1. The summed E-state index contributed by atoms with van der Waals surface area (Å²) >= 11 is 0. The lowest BCUT2D eigenvalue weighted by Crippen LogP contribution is -2.33. The van der Waals surface area contributed by atoms with Crippen molar-refractivity contribution in [1.82, 2.24) is 15.3 Å². The fourth-order valence-electron chi connectivity index (χ4n) is 3.06. The van der Waals surface area contributed by atoms with E-state index in [-0.39, 0.29) is 17.7 Å². The average molecular weight is 341 g/mol. The van der Waals surface area contributed by atoms with Gasteiger partial charge in [-0.15, -0.1) is 0 Å². The lowest BCUT2D eigenvalue weighted by atomic mass is 10.0. The van der Waals surface area contributed by atoms with E-state index in [4.69, 9.17) is 0 Å². The number of hydrogen-bond acceptors (Lipinski definition) is 4. The van der Waals surface area contributed by atoms with Crippen molar-refractivity contribution >= 4 is 26.8 Å². The lowest BCUT2D eigenvalue weighted by molar-refractivity contribution is 0.0934. The molecule has 6 nitrogen and oxygen atoms in total. The van der Waals surface area contributed by atoms with E-state index in [1.807, 2.05) is 0 Å². The molecule has 1 aliphatic rings. The van der Waals surface area contributed by atoms with Crippen LogP contribution < -0.4 is 5.32 Å². The number of carbonyl (C=O) groups excluding carboxylic acids is 1. The highest BCUT2D eigenvalue weighted by Crippen LogP contribution is 2.32. The summed E-state index contributed by atoms with van der Waals surface area (Å²) in [5.41, 5.74) is 2.74. The summed E-state index contributed by atoms with van der Waals surface area (Å²) in [5, 5.41) is 2.95. The van der Waals surface area contributed by atoms with Gasteiger partial charge in [0.05, 0.1) is 34.1 Å². The van der Waals surface area contributed by atoms with E-state index in [2.05, 4.69) is 15.3 Å². The molecule has 0 spiro atoms. The molecule has 0 unspecified atom stereocenters. The molecular weight excluding hydrogens is 326 g/mol. The first-order valence-corrected chi connectivity index (χ1v) is 9.25. The first kappa shape index (κ1) is 14.9. The molecule has 0 radical (unpaired) electrons. The summed E-state index contributed by atoms with van der Waals surface area (Å²) in [6, 6.07) is 11.8. The van der Waals surface area contributed by atoms with E-state index in [1.54, 1.807) is 48.8 Å². The van der Waals surface area contributed by atoms with Crippen LogP contribution in [0.4, 0.5) is 0 Å². The fraction of sp³-hybridized carbons (Fsp3) is 0.176. The van der Waals surface area contributed by atoms with Crippen molar-refractivity contribution in [2.75, 3.05) is 5.75 Å². The number of aromatic amines is 1. The Balaban J connectivity index is 1.64. The maximum absolute atomic E-state index is 12.6. The molecule has 4 rings (SSSR count). The minimum Gasteiger partial charge on any atom is -0.345 e. The first-order valence-electron chi connectivity index (χ1n) is 7.60. The smallest absolute Gasteiger partial charge is 0.251 e. The minimum atomic E-state index is -3.26. The van der Waals surface area contributed by atoms with Crippen LogP contribution in [-0.2, 0) is 9.84 Å². The fourth-order valence-corrected chi connectivity index (χ4v) is 4.68. The number of sulfone groups is 1. The van der Waals surface area contributed by atoms with Crippen molar-refractivity contribution in [3.63, 3.8) is 0 Å². The maximum atomic E-state index is 12.6. The Morgan fingerprint density at radius 1 is 1.21 bits per heavy atom. The summed E-state index contributed by atoms with van der Waals surface area (Å²) in [7, 11) is -3.26. The van der Waals surface area contributed by atoms with Crippen molar-refractivity contribution in [3.8, 4) is 0 Å². The highest BCUT2D eigenvalue weighted by Gasteiger charge is 2.30. The second-order valence-electron chi connectivity index (χ2n) is 5.81. The van der Waals surface area contributed by atoms with E-state index < -0.39 is 9.84 Å². The zero-order valence-electron chi connectivity index (χ0n) is 12.7. The van der Waals surface area contributed by atoms with Crippen molar-refractivity contribution in [3.05, 3.63) is 59.9 Å². The van der Waals surface area contributed by atoms with Crippen molar-refractivity contribution in [1.29, 1.82) is 0 Å². The standard InChI is InChI=1S/C17H15N3O3S/c21-17(11-5-6-14-15(9-11)19-10-18-14)20-13-7-8-24(22,23)16-4-2-1-3-12(13)16/h1-6,9-10,13H,7-8H2,(H,18,19)(H,20,21)/t13-/m0/s1. The molecule has 7 heteroatoms. The average Bonchev–Trinajstić information content (AvgIpc) is 3.05. The molecular formula is C17H15N3O3S. The molecule has 3 aromatic rings. The Bertz CT molecular complexity index is 1040. The SMILES string of the molecule is O=C(N[C@H]1CCS(=O)(=O)c2ccccc21)c1ccc2nc[nH]c2c1. The van der Waals surface area contributed by atoms with Crippen LogP contribution in [-0.4, -0.2) is 30.0 Å². The van der Waals surface area contributed by atoms with E-state index in [0.717, 1.165) is 11.0 Å². The predicted molar refractivity (Wildman–Crippen MR) is 89.4 cm³/mol. The number of imidazole rings is 1. The van der Waals surface area contributed by atoms with Gasteiger partial charge in [-0.2, -0.15) is 0 Å². The van der Waals surface area contributed by atoms with Crippen LogP contribution in [0.3, 0.4) is 0 Å². The van der Waals surface area contributed by atoms with Crippen LogP contribution in [0.1, 0.15) is 28.4 Å². The predicted octanol–water partition coefficient (Wildman–Crippen LogP) is 2.21. The Hall–Kier alpha value is -2.67. The van der Waals surface area contributed by atoms with Gasteiger partial charge in [-0.1, -0.05) is 18.2 Å². The Morgan fingerprint density at radius 2 is 2.04 bits per heavy atom. The van der Waals surface area contributed by atoms with E-state index >= 15 is 0 Å². The molecule has 0 saturated carbocycles. The van der Waals surface area contributed by atoms with Crippen LogP contribution in [0.15, 0.2) is 53.7 Å². The van der Waals surface area contributed by atoms with Gasteiger partial charge in [-0.25, -0.2) is 13.4 Å². The van der Waals surface area contributed by atoms with Gasteiger partial charge in [0.1, 0.15) is 0 Å².